The van der Waals surface area contributed by atoms with Gasteiger partial charge in [-0.05, 0) is 37.2 Å². The minimum atomic E-state index is 0.814. The van der Waals surface area contributed by atoms with Gasteiger partial charge in [-0.3, -0.25) is 0 Å². The molecular formula is C15H19N. The van der Waals surface area contributed by atoms with Gasteiger partial charge in [-0.2, -0.15) is 0 Å². The van der Waals surface area contributed by atoms with E-state index in [1.54, 1.807) is 0 Å². The molecule has 2 aliphatic rings. The number of rotatable bonds is 2. The molecule has 0 spiro atoms. The Bertz CT molecular complexity index is 380. The van der Waals surface area contributed by atoms with Crippen LogP contribution in [-0.2, 0) is 6.42 Å². The largest absolute Gasteiger partial charge is 0.388 e. The highest BCUT2D eigenvalue weighted by Crippen LogP contribution is 2.36. The Kier molecular flexibility index (Phi) is 2.69. The number of allylic oxidation sites excluding steroid dienone is 2. The summed E-state index contributed by atoms with van der Waals surface area (Å²) in [5, 5.41) is 3.54. The summed E-state index contributed by atoms with van der Waals surface area (Å²) in [4.78, 5) is 0. The van der Waals surface area contributed by atoms with E-state index in [1.165, 1.54) is 43.5 Å². The van der Waals surface area contributed by atoms with Crippen LogP contribution in [0.4, 0.5) is 0 Å². The molecule has 0 radical (unpaired) electrons. The lowest BCUT2D eigenvalue weighted by Crippen LogP contribution is -2.21. The van der Waals surface area contributed by atoms with Gasteiger partial charge < -0.3 is 5.32 Å². The van der Waals surface area contributed by atoms with Gasteiger partial charge in [0.2, 0.25) is 0 Å². The zero-order valence-corrected chi connectivity index (χ0v) is 9.65. The van der Waals surface area contributed by atoms with Crippen molar-refractivity contribution in [2.45, 2.75) is 25.7 Å². The van der Waals surface area contributed by atoms with Crippen LogP contribution in [0, 0.1) is 11.8 Å². The van der Waals surface area contributed by atoms with Crippen molar-refractivity contribution in [2.24, 2.45) is 11.8 Å². The normalized spacial score (nSPS) is 28.1. The fourth-order valence-electron chi connectivity index (χ4n) is 3.19. The van der Waals surface area contributed by atoms with E-state index in [4.69, 9.17) is 0 Å². The first-order valence-corrected chi connectivity index (χ1v) is 6.41. The van der Waals surface area contributed by atoms with Crippen LogP contribution in [0.25, 0.3) is 0 Å². The zero-order valence-electron chi connectivity index (χ0n) is 9.65. The maximum Gasteiger partial charge on any atom is 0.0150 e. The lowest BCUT2D eigenvalue weighted by Gasteiger charge is -2.27. The Morgan fingerprint density at radius 2 is 2.00 bits per heavy atom. The van der Waals surface area contributed by atoms with E-state index in [1.807, 2.05) is 0 Å². The van der Waals surface area contributed by atoms with Crippen molar-refractivity contribution in [1.82, 2.24) is 5.32 Å². The molecule has 3 rings (SSSR count). The van der Waals surface area contributed by atoms with E-state index in [2.05, 4.69) is 41.7 Å². The molecular weight excluding hydrogens is 194 g/mol. The Labute approximate surface area is 97.6 Å². The second-order valence-electron chi connectivity index (χ2n) is 5.01. The molecule has 16 heavy (non-hydrogen) atoms. The fraction of sp³-hybridized carbons (Fsp3) is 0.467. The fourth-order valence-corrected chi connectivity index (χ4v) is 3.19. The van der Waals surface area contributed by atoms with Gasteiger partial charge in [0.05, 0.1) is 0 Å². The monoisotopic (exact) mass is 213 g/mol. The topological polar surface area (TPSA) is 12.0 Å². The van der Waals surface area contributed by atoms with Crippen LogP contribution in [0.3, 0.4) is 0 Å². The number of nitrogens with one attached hydrogen (secondary N) is 1. The predicted octanol–water partition coefficient (Wildman–Crippen LogP) is 3.13. The lowest BCUT2D eigenvalue weighted by atomic mass is 9.78. The molecule has 1 heteroatoms. The summed E-state index contributed by atoms with van der Waals surface area (Å²) in [6.07, 6.45) is 7.63. The molecule has 0 bridgehead atoms. The summed E-state index contributed by atoms with van der Waals surface area (Å²) in [5.74, 6) is 1.67. The van der Waals surface area contributed by atoms with E-state index in [-0.39, 0.29) is 0 Å². The summed E-state index contributed by atoms with van der Waals surface area (Å²) in [6, 6.07) is 10.9. The molecule has 1 aromatic rings. The molecule has 1 aliphatic heterocycles. The predicted molar refractivity (Wildman–Crippen MR) is 67.1 cm³/mol. The molecule has 2 atom stereocenters. The molecule has 84 valence electrons. The molecule has 1 nitrogen and oxygen atoms in total. The van der Waals surface area contributed by atoms with E-state index in [0.717, 1.165) is 11.8 Å². The van der Waals surface area contributed by atoms with Gasteiger partial charge >= 0.3 is 0 Å². The summed E-state index contributed by atoms with van der Waals surface area (Å²) in [5.41, 5.74) is 3.04. The molecule has 1 heterocycles. The number of hydrogen-bond acceptors (Lipinski definition) is 1. The molecule has 0 saturated carbocycles. The van der Waals surface area contributed by atoms with Crippen molar-refractivity contribution in [3.05, 3.63) is 47.7 Å². The van der Waals surface area contributed by atoms with Crippen LogP contribution >= 0.6 is 0 Å². The van der Waals surface area contributed by atoms with Gasteiger partial charge in [0.1, 0.15) is 0 Å². The molecule has 0 amide bonds. The Morgan fingerprint density at radius 1 is 1.12 bits per heavy atom. The summed E-state index contributed by atoms with van der Waals surface area (Å²) in [6.45, 7) is 1.18. The molecule has 1 saturated heterocycles. The number of hydrogen-bond donors (Lipinski definition) is 1. The van der Waals surface area contributed by atoms with E-state index in [9.17, 15) is 0 Å². The Hall–Kier alpha value is -1.24. The first-order valence-electron chi connectivity index (χ1n) is 6.41. The first-order chi connectivity index (χ1) is 7.93. The quantitative estimate of drug-likeness (QED) is 0.796. The molecule has 2 unspecified atom stereocenters. The summed E-state index contributed by atoms with van der Waals surface area (Å²) in [7, 11) is 0. The minimum Gasteiger partial charge on any atom is -0.388 e. The van der Waals surface area contributed by atoms with Crippen molar-refractivity contribution >= 4 is 0 Å². The third kappa shape index (κ3) is 1.87. The van der Waals surface area contributed by atoms with Crippen molar-refractivity contribution < 1.29 is 0 Å². The van der Waals surface area contributed by atoms with Crippen LogP contribution in [0.5, 0.6) is 0 Å². The minimum absolute atomic E-state index is 0.814. The smallest absolute Gasteiger partial charge is 0.0150 e. The average molecular weight is 213 g/mol. The maximum atomic E-state index is 3.54. The third-order valence-electron chi connectivity index (χ3n) is 4.00. The van der Waals surface area contributed by atoms with Gasteiger partial charge in [0.15, 0.2) is 0 Å². The Morgan fingerprint density at radius 3 is 2.88 bits per heavy atom. The lowest BCUT2D eigenvalue weighted by molar-refractivity contribution is 0.345. The van der Waals surface area contributed by atoms with Gasteiger partial charge in [-0.25, -0.2) is 0 Å². The van der Waals surface area contributed by atoms with Crippen LogP contribution < -0.4 is 5.32 Å². The summed E-state index contributed by atoms with van der Waals surface area (Å²) < 4.78 is 0. The van der Waals surface area contributed by atoms with Crippen molar-refractivity contribution in [1.29, 1.82) is 0 Å². The second kappa shape index (κ2) is 4.32. The number of benzene rings is 1. The highest BCUT2D eigenvalue weighted by molar-refractivity contribution is 5.19. The van der Waals surface area contributed by atoms with Crippen LogP contribution in [0.1, 0.15) is 24.8 Å². The van der Waals surface area contributed by atoms with Gasteiger partial charge in [-0.15, -0.1) is 0 Å². The molecule has 0 aromatic heterocycles. The third-order valence-corrected chi connectivity index (χ3v) is 4.00. The Balaban J connectivity index is 1.74. The zero-order chi connectivity index (χ0) is 10.8. The van der Waals surface area contributed by atoms with Gasteiger partial charge in [0, 0.05) is 18.2 Å². The number of fused-ring (bicyclic) bond motifs is 1. The molecule has 1 fully saturated rings. The van der Waals surface area contributed by atoms with Gasteiger partial charge in [-0.1, -0.05) is 36.4 Å². The SMILES string of the molecule is C1=C2NCCC2C(Cc2ccccc2)CC1. The van der Waals surface area contributed by atoms with Crippen molar-refractivity contribution in [3.8, 4) is 0 Å². The average Bonchev–Trinajstić information content (AvgIpc) is 2.80. The van der Waals surface area contributed by atoms with Gasteiger partial charge in [0.25, 0.3) is 0 Å². The highest BCUT2D eigenvalue weighted by Gasteiger charge is 2.31. The first kappa shape index (κ1) is 9.95. The molecule has 1 aromatic carbocycles. The van der Waals surface area contributed by atoms with E-state index >= 15 is 0 Å². The van der Waals surface area contributed by atoms with Crippen LogP contribution in [0.15, 0.2) is 42.1 Å². The molecule has 1 aliphatic carbocycles. The maximum absolute atomic E-state index is 3.54. The second-order valence-corrected chi connectivity index (χ2v) is 5.01. The standard InChI is InChI=1S/C15H19N/c1-2-5-12(6-3-1)11-13-7-4-8-15-14(13)9-10-16-15/h1-3,5-6,8,13-14,16H,4,7,9-11H2. The summed E-state index contributed by atoms with van der Waals surface area (Å²) >= 11 is 0. The van der Waals surface area contributed by atoms with Crippen molar-refractivity contribution in [3.63, 3.8) is 0 Å². The van der Waals surface area contributed by atoms with Crippen molar-refractivity contribution in [2.75, 3.05) is 6.54 Å². The van der Waals surface area contributed by atoms with Crippen LogP contribution in [0.2, 0.25) is 0 Å². The van der Waals surface area contributed by atoms with E-state index in [0.29, 0.717) is 0 Å². The van der Waals surface area contributed by atoms with E-state index < -0.39 is 0 Å². The molecule has 1 N–H and O–H groups in total. The van der Waals surface area contributed by atoms with Crippen LogP contribution in [-0.4, -0.2) is 6.54 Å². The highest BCUT2D eigenvalue weighted by atomic mass is 14.9.